The molecule has 13 atom stereocenters. The van der Waals surface area contributed by atoms with E-state index in [9.17, 15) is 19.5 Å². The molecule has 3 spiro atoms. The van der Waals surface area contributed by atoms with Crippen LogP contribution in [-0.4, -0.2) is 108 Å². The standard InChI is InChI=1S/C29H32O12/c1-24-7-8-26-12-34-22(33)20-28(41-20)9-10-35-27(17(31)21(32)39-23(27)28)6-4-3-5-16(30)37-14-11-15(38-19(26)18(24)40-24)29(13-36-29)25(14,26)2/h3-6,14-15,17-20,23,31H,7-13H2,1-2H3/b5-3+,6-4+/t14-,15-,17+,18-,19+,20-,23-,24-,25+,26+,27-,28-,29-/m1/s1. The van der Waals surface area contributed by atoms with E-state index in [0.29, 0.717) is 19.4 Å². The lowest BCUT2D eigenvalue weighted by Crippen LogP contribution is -2.69. The van der Waals surface area contributed by atoms with Crippen LogP contribution in [0.25, 0.3) is 0 Å². The number of aliphatic hydroxyl groups is 1. The Morgan fingerprint density at radius 1 is 0.902 bits per heavy atom. The van der Waals surface area contributed by atoms with E-state index in [-0.39, 0.29) is 43.5 Å². The number of carbonyl (C=O) groups excluding carboxylic acids is 3. The molecule has 41 heavy (non-hydrogen) atoms. The van der Waals surface area contributed by atoms with E-state index in [1.807, 2.05) is 0 Å². The zero-order chi connectivity index (χ0) is 28.2. The summed E-state index contributed by atoms with van der Waals surface area (Å²) < 4.78 is 48.8. The predicted molar refractivity (Wildman–Crippen MR) is 131 cm³/mol. The molecule has 0 aromatic carbocycles. The summed E-state index contributed by atoms with van der Waals surface area (Å²) >= 11 is 0. The minimum atomic E-state index is -1.63. The Balaban J connectivity index is 1.14. The van der Waals surface area contributed by atoms with Gasteiger partial charge in [-0.15, -0.1) is 0 Å². The molecule has 6 saturated heterocycles. The smallest absolute Gasteiger partial charge is 0.339 e. The molecular formula is C29H32O12. The number of hydrogen-bond acceptors (Lipinski definition) is 12. The minimum Gasteiger partial charge on any atom is -0.463 e. The Hall–Kier alpha value is -2.35. The fourth-order valence-electron chi connectivity index (χ4n) is 9.44. The van der Waals surface area contributed by atoms with Gasteiger partial charge in [-0.3, -0.25) is 0 Å². The predicted octanol–water partition coefficient (Wildman–Crippen LogP) is 0.0345. The molecule has 0 unspecified atom stereocenters. The normalized spacial score (nSPS) is 60.9. The van der Waals surface area contributed by atoms with Crippen LogP contribution in [0.15, 0.2) is 24.3 Å². The van der Waals surface area contributed by atoms with Crippen LogP contribution in [0.2, 0.25) is 0 Å². The molecule has 8 fully saturated rings. The molecule has 7 aliphatic heterocycles. The van der Waals surface area contributed by atoms with Gasteiger partial charge in [0.2, 0.25) is 0 Å². The Labute approximate surface area is 235 Å². The molecule has 0 aromatic heterocycles. The maximum Gasteiger partial charge on any atom is 0.339 e. The van der Waals surface area contributed by atoms with Crippen molar-refractivity contribution < 1.29 is 57.4 Å². The highest BCUT2D eigenvalue weighted by Gasteiger charge is 2.87. The highest BCUT2D eigenvalue weighted by atomic mass is 16.7. The Morgan fingerprint density at radius 2 is 1.73 bits per heavy atom. The van der Waals surface area contributed by atoms with Crippen molar-refractivity contribution in [1.82, 2.24) is 0 Å². The van der Waals surface area contributed by atoms with E-state index in [1.54, 1.807) is 0 Å². The fraction of sp³-hybridized carbons (Fsp3) is 0.759. The second-order valence-electron chi connectivity index (χ2n) is 13.5. The van der Waals surface area contributed by atoms with Gasteiger partial charge in [-0.2, -0.15) is 0 Å². The van der Waals surface area contributed by atoms with Gasteiger partial charge in [-0.05, 0) is 25.8 Å². The Kier molecular flexibility index (Phi) is 4.55. The third kappa shape index (κ3) is 2.76. The molecule has 9 aliphatic rings. The van der Waals surface area contributed by atoms with Crippen molar-refractivity contribution in [3.63, 3.8) is 0 Å². The van der Waals surface area contributed by atoms with Crippen LogP contribution in [0.3, 0.4) is 0 Å². The molecule has 0 radical (unpaired) electrons. The van der Waals surface area contributed by atoms with Gasteiger partial charge in [0, 0.05) is 24.3 Å². The molecule has 4 bridgehead atoms. The van der Waals surface area contributed by atoms with Crippen LogP contribution in [0.5, 0.6) is 0 Å². The maximum absolute atomic E-state index is 13.7. The first kappa shape index (κ1) is 25.2. The van der Waals surface area contributed by atoms with Crippen molar-refractivity contribution in [2.45, 2.75) is 105 Å². The maximum atomic E-state index is 13.7. The number of fused-ring (bicyclic) bond motifs is 2. The van der Waals surface area contributed by atoms with Crippen LogP contribution in [0.1, 0.15) is 39.5 Å². The van der Waals surface area contributed by atoms with Gasteiger partial charge < -0.3 is 43.0 Å². The van der Waals surface area contributed by atoms with Crippen LogP contribution in [-0.2, 0) is 52.3 Å². The van der Waals surface area contributed by atoms with Crippen molar-refractivity contribution in [2.75, 3.05) is 19.8 Å². The first-order chi connectivity index (χ1) is 19.6. The van der Waals surface area contributed by atoms with E-state index < -0.39 is 70.0 Å². The summed E-state index contributed by atoms with van der Waals surface area (Å²) in [6.45, 7) is 4.74. The van der Waals surface area contributed by atoms with Crippen molar-refractivity contribution in [3.8, 4) is 0 Å². The van der Waals surface area contributed by atoms with Gasteiger partial charge in [0.25, 0.3) is 0 Å². The van der Waals surface area contributed by atoms with E-state index in [4.69, 9.17) is 37.9 Å². The number of allylic oxidation sites excluding steroid dienone is 2. The summed E-state index contributed by atoms with van der Waals surface area (Å²) in [5.74, 6) is -2.01. The minimum absolute atomic E-state index is 0.00474. The van der Waals surface area contributed by atoms with Gasteiger partial charge >= 0.3 is 17.9 Å². The molecule has 1 N–H and O–H groups in total. The summed E-state index contributed by atoms with van der Waals surface area (Å²) in [4.78, 5) is 39.4. The molecule has 220 valence electrons. The lowest BCUT2D eigenvalue weighted by Gasteiger charge is -2.58. The number of hydrogen-bond donors (Lipinski definition) is 1. The van der Waals surface area contributed by atoms with Crippen molar-refractivity contribution in [2.24, 2.45) is 10.8 Å². The van der Waals surface area contributed by atoms with Crippen LogP contribution in [0, 0.1) is 10.8 Å². The highest BCUT2D eigenvalue weighted by molar-refractivity contribution is 5.84. The third-order valence-electron chi connectivity index (χ3n) is 12.1. The molecule has 2 aliphatic carbocycles. The second-order valence-corrected chi connectivity index (χ2v) is 13.5. The van der Waals surface area contributed by atoms with Gasteiger partial charge in [0.05, 0.1) is 36.4 Å². The second kappa shape index (κ2) is 7.40. The molecule has 9 rings (SSSR count). The lowest BCUT2D eigenvalue weighted by atomic mass is 9.50. The number of carbonyl (C=O) groups is 3. The summed E-state index contributed by atoms with van der Waals surface area (Å²) in [7, 11) is 0. The van der Waals surface area contributed by atoms with Crippen molar-refractivity contribution in [3.05, 3.63) is 24.3 Å². The van der Waals surface area contributed by atoms with Crippen molar-refractivity contribution in [1.29, 1.82) is 0 Å². The van der Waals surface area contributed by atoms with Crippen LogP contribution in [0.4, 0.5) is 0 Å². The first-order valence-corrected chi connectivity index (χ1v) is 14.5. The van der Waals surface area contributed by atoms with E-state index in [2.05, 4.69) is 13.8 Å². The topological polar surface area (TPSA) is 155 Å². The number of aliphatic hydroxyl groups excluding tert-OH is 1. The van der Waals surface area contributed by atoms with Gasteiger partial charge in [-0.25, -0.2) is 14.4 Å². The molecule has 0 amide bonds. The average molecular weight is 573 g/mol. The first-order valence-electron chi connectivity index (χ1n) is 14.5. The van der Waals surface area contributed by atoms with Gasteiger partial charge in [0.15, 0.2) is 23.9 Å². The Bertz CT molecular complexity index is 1340. The van der Waals surface area contributed by atoms with Gasteiger partial charge in [0.1, 0.15) is 30.0 Å². The molecule has 7 heterocycles. The monoisotopic (exact) mass is 572 g/mol. The molecule has 2 saturated carbocycles. The van der Waals surface area contributed by atoms with Crippen LogP contribution >= 0.6 is 0 Å². The molecule has 0 aromatic rings. The van der Waals surface area contributed by atoms with E-state index in [1.165, 1.54) is 24.3 Å². The SMILES string of the molecule is C[C@]12[C@H]3C[C@@H](O[C@H]4[C@H]5O[C@]5(C)CC[C@]41COC(=O)[C@H]1O[C@]14CCO[C@@]1(/C=C/C=C/C(=O)O3)[C@H]4OC(=O)[C@@H]1O)[C@]21CO1. The molecule has 12 heteroatoms. The zero-order valence-electron chi connectivity index (χ0n) is 22.7. The number of cyclic esters (lactones) is 1. The number of rotatable bonds is 0. The Morgan fingerprint density at radius 3 is 2.54 bits per heavy atom. The van der Waals surface area contributed by atoms with E-state index >= 15 is 0 Å². The molecular weight excluding hydrogens is 540 g/mol. The number of ether oxygens (including phenoxy) is 8. The van der Waals surface area contributed by atoms with Gasteiger partial charge in [-0.1, -0.05) is 19.1 Å². The largest absolute Gasteiger partial charge is 0.463 e. The van der Waals surface area contributed by atoms with Crippen LogP contribution < -0.4 is 0 Å². The highest BCUT2D eigenvalue weighted by Crippen LogP contribution is 2.75. The fourth-order valence-corrected chi connectivity index (χ4v) is 9.44. The lowest BCUT2D eigenvalue weighted by molar-refractivity contribution is -0.251. The number of epoxide rings is 3. The third-order valence-corrected chi connectivity index (χ3v) is 12.1. The summed E-state index contributed by atoms with van der Waals surface area (Å²) in [5, 5.41) is 10.8. The van der Waals surface area contributed by atoms with Crippen molar-refractivity contribution >= 4 is 17.9 Å². The summed E-state index contributed by atoms with van der Waals surface area (Å²) in [5.41, 5.74) is -5.19. The molecule has 12 nitrogen and oxygen atoms in total. The van der Waals surface area contributed by atoms with E-state index in [0.717, 1.165) is 6.42 Å². The number of esters is 3. The summed E-state index contributed by atoms with van der Waals surface area (Å²) in [6.07, 6.45) is 2.77. The summed E-state index contributed by atoms with van der Waals surface area (Å²) in [6, 6.07) is 0. The quantitative estimate of drug-likeness (QED) is 0.237. The zero-order valence-corrected chi connectivity index (χ0v) is 22.7. The average Bonchev–Trinajstić information content (AvgIpc) is 3.86.